The molecule has 1 rings (SSSR count). The van der Waals surface area contributed by atoms with E-state index < -0.39 is 30.0 Å². The Morgan fingerprint density at radius 2 is 1.81 bits per heavy atom. The average molecular weight is 301 g/mol. The zero-order valence-electron chi connectivity index (χ0n) is 11.5. The number of nitriles is 2. The molecular formula is C13H14F3N3O2. The van der Waals surface area contributed by atoms with Crippen LogP contribution in [0.3, 0.4) is 0 Å². The zero-order valence-corrected chi connectivity index (χ0v) is 11.5. The average Bonchev–Trinajstić information content (AvgIpc) is 2.82. The number of aliphatic hydroxyl groups is 1. The Hall–Kier alpha value is -2.06. The summed E-state index contributed by atoms with van der Waals surface area (Å²) >= 11 is 0. The SMILES string of the molecule is CC(C)(O)c1cc(CC(C#N)(C#N)CCC(F)(F)F)no1. The number of rotatable bonds is 5. The first-order valence-electron chi connectivity index (χ1n) is 6.09. The molecule has 0 aromatic carbocycles. The van der Waals surface area contributed by atoms with Gasteiger partial charge in [-0.2, -0.15) is 23.7 Å². The van der Waals surface area contributed by atoms with E-state index in [1.807, 2.05) is 0 Å². The number of nitrogens with zero attached hydrogens (tertiary/aromatic N) is 3. The van der Waals surface area contributed by atoms with E-state index in [1.54, 1.807) is 12.1 Å². The van der Waals surface area contributed by atoms with Crippen LogP contribution in [0.25, 0.3) is 0 Å². The second-order valence-corrected chi connectivity index (χ2v) is 5.34. The number of hydrogen-bond acceptors (Lipinski definition) is 5. The van der Waals surface area contributed by atoms with Crippen molar-refractivity contribution in [3.05, 3.63) is 17.5 Å². The summed E-state index contributed by atoms with van der Waals surface area (Å²) in [4.78, 5) is 0. The number of alkyl halides is 3. The number of aromatic nitrogens is 1. The van der Waals surface area contributed by atoms with Gasteiger partial charge in [0.25, 0.3) is 0 Å². The molecule has 1 aromatic rings. The highest BCUT2D eigenvalue weighted by Crippen LogP contribution is 2.33. The largest absolute Gasteiger partial charge is 0.389 e. The summed E-state index contributed by atoms with van der Waals surface area (Å²) in [6, 6.07) is 4.59. The maximum Gasteiger partial charge on any atom is 0.389 e. The first kappa shape index (κ1) is 17.0. The lowest BCUT2D eigenvalue weighted by Gasteiger charge is -2.17. The molecular weight excluding hydrogens is 287 g/mol. The van der Waals surface area contributed by atoms with E-state index in [4.69, 9.17) is 15.0 Å². The molecule has 1 aromatic heterocycles. The van der Waals surface area contributed by atoms with Gasteiger partial charge in [-0.1, -0.05) is 5.16 Å². The molecule has 0 saturated heterocycles. The van der Waals surface area contributed by atoms with Crippen LogP contribution in [-0.4, -0.2) is 16.4 Å². The molecule has 0 aliphatic rings. The van der Waals surface area contributed by atoms with Crippen molar-refractivity contribution >= 4 is 0 Å². The summed E-state index contributed by atoms with van der Waals surface area (Å²) < 4.78 is 41.7. The molecule has 0 amide bonds. The first-order chi connectivity index (χ1) is 9.51. The zero-order chi connectivity index (χ0) is 16.3. The third kappa shape index (κ3) is 4.76. The quantitative estimate of drug-likeness (QED) is 0.902. The summed E-state index contributed by atoms with van der Waals surface area (Å²) in [5.74, 6) is 0.109. The minimum absolute atomic E-state index is 0.109. The van der Waals surface area contributed by atoms with Crippen LogP contribution in [0.4, 0.5) is 13.2 Å². The molecule has 0 atom stereocenters. The van der Waals surface area contributed by atoms with E-state index in [2.05, 4.69) is 5.16 Å². The maximum atomic E-state index is 12.3. The van der Waals surface area contributed by atoms with Crippen molar-refractivity contribution in [3.8, 4) is 12.1 Å². The highest BCUT2D eigenvalue weighted by Gasteiger charge is 2.38. The van der Waals surface area contributed by atoms with Crippen molar-refractivity contribution in [2.24, 2.45) is 5.41 Å². The van der Waals surface area contributed by atoms with Crippen molar-refractivity contribution in [3.63, 3.8) is 0 Å². The second kappa shape index (κ2) is 5.74. The Kier molecular flexibility index (Phi) is 4.65. The lowest BCUT2D eigenvalue weighted by atomic mass is 9.81. The van der Waals surface area contributed by atoms with E-state index in [0.717, 1.165) is 0 Å². The highest BCUT2D eigenvalue weighted by atomic mass is 19.4. The predicted molar refractivity (Wildman–Crippen MR) is 64.4 cm³/mol. The van der Waals surface area contributed by atoms with Crippen molar-refractivity contribution < 1.29 is 22.8 Å². The maximum absolute atomic E-state index is 12.3. The molecule has 0 bridgehead atoms. The van der Waals surface area contributed by atoms with Crippen LogP contribution in [0, 0.1) is 28.1 Å². The Morgan fingerprint density at radius 1 is 1.24 bits per heavy atom. The standard InChI is InChI=1S/C13H14F3N3O2/c1-11(2,20)10-5-9(19-21-10)6-12(7-17,8-18)3-4-13(14,15)16/h5,20H,3-4,6H2,1-2H3. The molecule has 1 N–H and O–H groups in total. The molecule has 0 radical (unpaired) electrons. The second-order valence-electron chi connectivity index (χ2n) is 5.34. The molecule has 0 saturated carbocycles. The molecule has 21 heavy (non-hydrogen) atoms. The van der Waals surface area contributed by atoms with Gasteiger partial charge in [0.2, 0.25) is 0 Å². The van der Waals surface area contributed by atoms with E-state index in [9.17, 15) is 18.3 Å². The fraction of sp³-hybridized carbons (Fsp3) is 0.615. The van der Waals surface area contributed by atoms with Crippen molar-refractivity contribution in [2.45, 2.75) is 44.9 Å². The van der Waals surface area contributed by atoms with Gasteiger partial charge in [0.05, 0.1) is 17.8 Å². The van der Waals surface area contributed by atoms with Gasteiger partial charge in [-0.05, 0) is 20.3 Å². The molecule has 0 spiro atoms. The third-order valence-corrected chi connectivity index (χ3v) is 2.91. The van der Waals surface area contributed by atoms with Crippen molar-refractivity contribution in [1.82, 2.24) is 5.16 Å². The Bertz CT molecular complexity index is 559. The van der Waals surface area contributed by atoms with Gasteiger partial charge in [0, 0.05) is 18.9 Å². The highest BCUT2D eigenvalue weighted by molar-refractivity contribution is 5.21. The van der Waals surface area contributed by atoms with Crippen LogP contribution in [0.1, 0.15) is 38.1 Å². The molecule has 1 heterocycles. The molecule has 0 aliphatic heterocycles. The van der Waals surface area contributed by atoms with Gasteiger partial charge in [0.15, 0.2) is 5.76 Å². The van der Waals surface area contributed by atoms with E-state index >= 15 is 0 Å². The normalized spacial score (nSPS) is 12.8. The van der Waals surface area contributed by atoms with E-state index in [-0.39, 0.29) is 17.9 Å². The van der Waals surface area contributed by atoms with Gasteiger partial charge < -0.3 is 9.63 Å². The minimum Gasteiger partial charge on any atom is -0.382 e. The summed E-state index contributed by atoms with van der Waals surface area (Å²) in [6.07, 6.45) is -6.62. The summed E-state index contributed by atoms with van der Waals surface area (Å²) in [6.45, 7) is 2.89. The number of hydrogen-bond donors (Lipinski definition) is 1. The van der Waals surface area contributed by atoms with E-state index in [0.29, 0.717) is 0 Å². The van der Waals surface area contributed by atoms with Crippen LogP contribution < -0.4 is 0 Å². The van der Waals surface area contributed by atoms with Crippen LogP contribution in [0.2, 0.25) is 0 Å². The van der Waals surface area contributed by atoms with Crippen molar-refractivity contribution in [2.75, 3.05) is 0 Å². The third-order valence-electron chi connectivity index (χ3n) is 2.91. The van der Waals surface area contributed by atoms with Crippen LogP contribution >= 0.6 is 0 Å². The van der Waals surface area contributed by atoms with Gasteiger partial charge in [-0.15, -0.1) is 0 Å². The summed E-state index contributed by atoms with van der Waals surface area (Å²) in [5.41, 5.74) is -2.99. The lowest BCUT2D eigenvalue weighted by Crippen LogP contribution is -2.23. The van der Waals surface area contributed by atoms with Gasteiger partial charge in [0.1, 0.15) is 11.0 Å². The van der Waals surface area contributed by atoms with Gasteiger partial charge in [-0.3, -0.25) is 0 Å². The molecule has 0 unspecified atom stereocenters. The monoisotopic (exact) mass is 301 g/mol. The lowest BCUT2D eigenvalue weighted by molar-refractivity contribution is -0.138. The fourth-order valence-corrected chi connectivity index (χ4v) is 1.65. The Labute approximate surface area is 119 Å². The topological polar surface area (TPSA) is 93.8 Å². The first-order valence-corrected chi connectivity index (χ1v) is 6.09. The van der Waals surface area contributed by atoms with Crippen molar-refractivity contribution in [1.29, 1.82) is 10.5 Å². The number of halogens is 3. The summed E-state index contributed by atoms with van der Waals surface area (Å²) in [5, 5.41) is 31.4. The van der Waals surface area contributed by atoms with Crippen LogP contribution in [0.5, 0.6) is 0 Å². The molecule has 0 aliphatic carbocycles. The predicted octanol–water partition coefficient (Wildman–Crippen LogP) is 2.82. The van der Waals surface area contributed by atoms with Crippen LogP contribution in [0.15, 0.2) is 10.6 Å². The Balaban J connectivity index is 2.92. The van der Waals surface area contributed by atoms with Crippen LogP contribution in [-0.2, 0) is 12.0 Å². The molecule has 5 nitrogen and oxygen atoms in total. The van der Waals surface area contributed by atoms with Gasteiger partial charge in [-0.25, -0.2) is 0 Å². The minimum atomic E-state index is -4.44. The Morgan fingerprint density at radius 3 is 2.19 bits per heavy atom. The van der Waals surface area contributed by atoms with E-state index in [1.165, 1.54) is 19.9 Å². The van der Waals surface area contributed by atoms with Gasteiger partial charge >= 0.3 is 6.18 Å². The molecule has 8 heteroatoms. The molecule has 0 fully saturated rings. The summed E-state index contributed by atoms with van der Waals surface area (Å²) in [7, 11) is 0. The fourth-order valence-electron chi connectivity index (χ4n) is 1.65. The molecule has 114 valence electrons. The smallest absolute Gasteiger partial charge is 0.382 e.